The first-order valence-electron chi connectivity index (χ1n) is 5.51. The molecular formula is C14H12Br2FN. The van der Waals surface area contributed by atoms with Gasteiger partial charge < -0.3 is 5.32 Å². The van der Waals surface area contributed by atoms with Crippen LogP contribution in [0, 0.1) is 12.7 Å². The minimum absolute atomic E-state index is 0.254. The molecule has 4 heteroatoms. The second kappa shape index (κ2) is 5.85. The summed E-state index contributed by atoms with van der Waals surface area (Å²) in [5.74, 6) is -0.254. The smallest absolute Gasteiger partial charge is 0.139 e. The van der Waals surface area contributed by atoms with Gasteiger partial charge in [0, 0.05) is 16.7 Å². The summed E-state index contributed by atoms with van der Waals surface area (Å²) in [6, 6.07) is 11.3. The fourth-order valence-electron chi connectivity index (χ4n) is 1.67. The van der Waals surface area contributed by atoms with E-state index >= 15 is 0 Å². The summed E-state index contributed by atoms with van der Waals surface area (Å²) in [5, 5.41) is 3.25. The molecule has 0 aliphatic rings. The number of aryl methyl sites for hydroxylation is 1. The van der Waals surface area contributed by atoms with E-state index in [0.29, 0.717) is 11.0 Å². The molecule has 0 aliphatic carbocycles. The molecule has 2 rings (SSSR count). The van der Waals surface area contributed by atoms with Crippen molar-refractivity contribution in [3.05, 3.63) is 62.3 Å². The van der Waals surface area contributed by atoms with Crippen molar-refractivity contribution in [2.75, 3.05) is 5.32 Å². The fraction of sp³-hybridized carbons (Fsp3) is 0.143. The lowest BCUT2D eigenvalue weighted by Gasteiger charge is -2.11. The van der Waals surface area contributed by atoms with Crippen LogP contribution in [0.1, 0.15) is 11.1 Å². The van der Waals surface area contributed by atoms with E-state index in [9.17, 15) is 4.39 Å². The predicted molar refractivity (Wildman–Crippen MR) is 80.3 cm³/mol. The van der Waals surface area contributed by atoms with Gasteiger partial charge in [-0.2, -0.15) is 0 Å². The van der Waals surface area contributed by atoms with Gasteiger partial charge in [0.25, 0.3) is 0 Å². The zero-order valence-electron chi connectivity index (χ0n) is 9.81. The maximum absolute atomic E-state index is 13.5. The summed E-state index contributed by atoms with van der Waals surface area (Å²) < 4.78 is 15.0. The molecule has 1 nitrogen and oxygen atoms in total. The normalized spacial score (nSPS) is 10.4. The third kappa shape index (κ3) is 3.12. The highest BCUT2D eigenvalue weighted by Crippen LogP contribution is 2.25. The van der Waals surface area contributed by atoms with Crippen LogP contribution in [0.2, 0.25) is 0 Å². The number of nitrogens with one attached hydrogen (secondary N) is 1. The molecule has 0 amide bonds. The minimum atomic E-state index is -0.254. The Labute approximate surface area is 123 Å². The van der Waals surface area contributed by atoms with E-state index in [2.05, 4.69) is 37.2 Å². The van der Waals surface area contributed by atoms with Gasteiger partial charge in [-0.25, -0.2) is 4.39 Å². The second-order valence-corrected chi connectivity index (χ2v) is 5.73. The lowest BCUT2D eigenvalue weighted by Crippen LogP contribution is -2.02. The van der Waals surface area contributed by atoms with Crippen molar-refractivity contribution >= 4 is 37.5 Å². The van der Waals surface area contributed by atoms with E-state index in [0.717, 1.165) is 21.3 Å². The second-order valence-electron chi connectivity index (χ2n) is 4.03. The molecule has 0 aromatic heterocycles. The number of benzene rings is 2. The predicted octanol–water partition coefficient (Wildman–Crippen LogP) is 5.27. The highest BCUT2D eigenvalue weighted by Gasteiger charge is 2.05. The number of hydrogen-bond acceptors (Lipinski definition) is 1. The highest BCUT2D eigenvalue weighted by atomic mass is 79.9. The number of anilines is 1. The zero-order chi connectivity index (χ0) is 13.1. The Morgan fingerprint density at radius 3 is 2.56 bits per heavy atom. The van der Waals surface area contributed by atoms with Gasteiger partial charge in [0.1, 0.15) is 5.82 Å². The molecule has 1 N–H and O–H groups in total. The highest BCUT2D eigenvalue weighted by molar-refractivity contribution is 9.10. The topological polar surface area (TPSA) is 12.0 Å². The van der Waals surface area contributed by atoms with Crippen molar-refractivity contribution < 1.29 is 4.39 Å². The zero-order valence-corrected chi connectivity index (χ0v) is 13.0. The van der Waals surface area contributed by atoms with Crippen LogP contribution >= 0.6 is 31.9 Å². The van der Waals surface area contributed by atoms with Gasteiger partial charge in [0.2, 0.25) is 0 Å². The monoisotopic (exact) mass is 371 g/mol. The van der Waals surface area contributed by atoms with Gasteiger partial charge in [-0.3, -0.25) is 0 Å². The summed E-state index contributed by atoms with van der Waals surface area (Å²) >= 11 is 6.67. The van der Waals surface area contributed by atoms with Crippen molar-refractivity contribution in [3.63, 3.8) is 0 Å². The molecule has 18 heavy (non-hydrogen) atoms. The van der Waals surface area contributed by atoms with Gasteiger partial charge >= 0.3 is 0 Å². The fourth-order valence-corrected chi connectivity index (χ4v) is 2.55. The Balaban J connectivity index is 2.16. The van der Waals surface area contributed by atoms with Crippen molar-refractivity contribution in [2.45, 2.75) is 13.5 Å². The first-order chi connectivity index (χ1) is 8.58. The lowest BCUT2D eigenvalue weighted by molar-refractivity contribution is 0.621. The molecule has 2 aromatic rings. The average molecular weight is 373 g/mol. The van der Waals surface area contributed by atoms with Gasteiger partial charge in [-0.1, -0.05) is 34.1 Å². The molecule has 0 radical (unpaired) electrons. The first kappa shape index (κ1) is 13.6. The number of rotatable bonds is 3. The van der Waals surface area contributed by atoms with E-state index in [4.69, 9.17) is 0 Å². The molecule has 0 unspecified atom stereocenters. The SMILES string of the molecule is Cc1cc(Br)c(F)cc1NCc1ccccc1Br. The molecule has 0 spiro atoms. The van der Waals surface area contributed by atoms with E-state index in [1.807, 2.05) is 31.2 Å². The van der Waals surface area contributed by atoms with Crippen LogP contribution < -0.4 is 5.32 Å². The van der Waals surface area contributed by atoms with Crippen LogP contribution in [0.15, 0.2) is 45.3 Å². The van der Waals surface area contributed by atoms with Crippen LogP contribution in [0.4, 0.5) is 10.1 Å². The van der Waals surface area contributed by atoms with Crippen molar-refractivity contribution in [2.24, 2.45) is 0 Å². The molecule has 0 saturated heterocycles. The maximum atomic E-state index is 13.5. The summed E-state index contributed by atoms with van der Waals surface area (Å²) in [6.07, 6.45) is 0. The standard InChI is InChI=1S/C14H12Br2FN/c1-9-6-12(16)13(17)7-14(9)18-8-10-4-2-3-5-11(10)15/h2-7,18H,8H2,1H3. The third-order valence-corrected chi connectivity index (χ3v) is 4.08. The van der Waals surface area contributed by atoms with E-state index in [-0.39, 0.29) is 5.82 Å². The van der Waals surface area contributed by atoms with Crippen LogP contribution in [-0.4, -0.2) is 0 Å². The quantitative estimate of drug-likeness (QED) is 0.773. The Bertz CT molecular complexity index is 570. The van der Waals surface area contributed by atoms with Gasteiger partial charge in [0.05, 0.1) is 4.47 Å². The molecule has 0 fully saturated rings. The van der Waals surface area contributed by atoms with Crippen molar-refractivity contribution in [3.8, 4) is 0 Å². The Morgan fingerprint density at radius 1 is 1.11 bits per heavy atom. The lowest BCUT2D eigenvalue weighted by atomic mass is 10.1. The summed E-state index contributed by atoms with van der Waals surface area (Å²) in [5.41, 5.74) is 2.96. The van der Waals surface area contributed by atoms with Crippen LogP contribution in [0.3, 0.4) is 0 Å². The van der Waals surface area contributed by atoms with Gasteiger partial charge in [-0.05, 0) is 52.2 Å². The molecule has 0 heterocycles. The summed E-state index contributed by atoms with van der Waals surface area (Å²) in [4.78, 5) is 0. The molecule has 0 saturated carbocycles. The largest absolute Gasteiger partial charge is 0.381 e. The maximum Gasteiger partial charge on any atom is 0.139 e. The Hall–Kier alpha value is -0.870. The van der Waals surface area contributed by atoms with Crippen molar-refractivity contribution in [1.29, 1.82) is 0 Å². The first-order valence-corrected chi connectivity index (χ1v) is 7.09. The summed E-state index contributed by atoms with van der Waals surface area (Å²) in [7, 11) is 0. The van der Waals surface area contributed by atoms with Crippen LogP contribution in [0.25, 0.3) is 0 Å². The number of halogens is 3. The average Bonchev–Trinajstić information content (AvgIpc) is 2.34. The Kier molecular flexibility index (Phi) is 4.40. The molecular weight excluding hydrogens is 361 g/mol. The van der Waals surface area contributed by atoms with Crippen molar-refractivity contribution in [1.82, 2.24) is 0 Å². The van der Waals surface area contributed by atoms with Gasteiger partial charge in [-0.15, -0.1) is 0 Å². The van der Waals surface area contributed by atoms with Gasteiger partial charge in [0.15, 0.2) is 0 Å². The molecule has 0 bridgehead atoms. The Morgan fingerprint density at radius 2 is 1.83 bits per heavy atom. The van der Waals surface area contributed by atoms with Crippen LogP contribution in [-0.2, 0) is 6.54 Å². The summed E-state index contributed by atoms with van der Waals surface area (Å²) in [6.45, 7) is 2.61. The molecule has 94 valence electrons. The molecule has 0 atom stereocenters. The van der Waals surface area contributed by atoms with E-state index in [1.165, 1.54) is 6.07 Å². The van der Waals surface area contributed by atoms with E-state index < -0.39 is 0 Å². The molecule has 0 aliphatic heterocycles. The van der Waals surface area contributed by atoms with Crippen LogP contribution in [0.5, 0.6) is 0 Å². The third-order valence-electron chi connectivity index (χ3n) is 2.69. The minimum Gasteiger partial charge on any atom is -0.381 e. The van der Waals surface area contributed by atoms with E-state index in [1.54, 1.807) is 6.07 Å². The molecule has 2 aromatic carbocycles. The number of hydrogen-bond donors (Lipinski definition) is 1.